The largest absolute Gasteiger partial charge is 0.466 e. The molecule has 0 saturated heterocycles. The molecule has 0 atom stereocenters. The highest BCUT2D eigenvalue weighted by atomic mass is 16.3. The third-order valence-electron chi connectivity index (χ3n) is 5.67. The van der Waals surface area contributed by atoms with Crippen molar-refractivity contribution in [2.24, 2.45) is 13.0 Å². The zero-order valence-corrected chi connectivity index (χ0v) is 18.2. The van der Waals surface area contributed by atoms with E-state index in [0.29, 0.717) is 33.8 Å². The zero-order valence-electron chi connectivity index (χ0n) is 24.2. The van der Waals surface area contributed by atoms with E-state index in [1.807, 2.05) is 38.1 Å². The van der Waals surface area contributed by atoms with Crippen molar-refractivity contribution < 1.29 is 17.2 Å². The summed E-state index contributed by atoms with van der Waals surface area (Å²) in [5.74, 6) is -0.560. The van der Waals surface area contributed by atoms with Gasteiger partial charge < -0.3 is 4.42 Å². The molecule has 30 heavy (non-hydrogen) atoms. The third kappa shape index (κ3) is 2.99. The number of hydrogen-bond donors (Lipinski definition) is 0. The molecule has 2 aromatic carbocycles. The van der Waals surface area contributed by atoms with E-state index in [-0.39, 0.29) is 17.2 Å². The summed E-state index contributed by atoms with van der Waals surface area (Å²) in [7, 11) is 1.70. The highest BCUT2D eigenvalue weighted by Gasteiger charge is 2.25. The first-order valence-electron chi connectivity index (χ1n) is 13.0. The molecule has 3 heteroatoms. The summed E-state index contributed by atoms with van der Waals surface area (Å²) in [5.41, 5.74) is 4.06. The van der Waals surface area contributed by atoms with Crippen LogP contribution in [0.4, 0.5) is 5.69 Å². The smallest absolute Gasteiger partial charge is 0.232 e. The monoisotopic (exact) mass is 403 g/mol. The lowest BCUT2D eigenvalue weighted by molar-refractivity contribution is -0.667. The molecule has 0 fully saturated rings. The third-order valence-corrected chi connectivity index (χ3v) is 5.67. The van der Waals surface area contributed by atoms with E-state index >= 15 is 0 Å². The molecule has 0 aliphatic rings. The van der Waals surface area contributed by atoms with Gasteiger partial charge in [-0.3, -0.25) is 0 Å². The van der Waals surface area contributed by atoms with Gasteiger partial charge in [0.2, 0.25) is 11.4 Å². The molecule has 0 unspecified atom stereocenters. The SMILES string of the molecule is [2H]c1c(C([2H])([2H])C(C)C)c(C([2H])([2H])[2H])c(C)[n+](C)c1-c1c(C)ccc2c1oc1c([N+]#[C-])c(C)ccc12. The summed E-state index contributed by atoms with van der Waals surface area (Å²) in [5, 5.41) is 1.56. The van der Waals surface area contributed by atoms with Crippen LogP contribution < -0.4 is 4.57 Å². The Morgan fingerprint density at radius 1 is 1.13 bits per heavy atom. The summed E-state index contributed by atoms with van der Waals surface area (Å²) in [6, 6.07) is 7.45. The van der Waals surface area contributed by atoms with E-state index in [0.717, 1.165) is 21.9 Å². The van der Waals surface area contributed by atoms with Gasteiger partial charge in [-0.25, -0.2) is 4.85 Å². The highest BCUT2D eigenvalue weighted by Crippen LogP contribution is 2.41. The van der Waals surface area contributed by atoms with E-state index in [1.54, 1.807) is 32.4 Å². The second kappa shape index (κ2) is 7.29. The molecule has 4 rings (SSSR count). The number of aromatic nitrogens is 1. The summed E-state index contributed by atoms with van der Waals surface area (Å²) < 4.78 is 59.4. The lowest BCUT2D eigenvalue weighted by atomic mass is 9.93. The van der Waals surface area contributed by atoms with Crippen molar-refractivity contribution in [2.45, 2.75) is 47.8 Å². The Labute approximate surface area is 187 Å². The van der Waals surface area contributed by atoms with Crippen molar-refractivity contribution in [1.29, 1.82) is 0 Å². The van der Waals surface area contributed by atoms with Crippen LogP contribution in [0.3, 0.4) is 0 Å². The van der Waals surface area contributed by atoms with E-state index in [4.69, 9.17) is 17.8 Å². The summed E-state index contributed by atoms with van der Waals surface area (Å²) in [6.07, 6.45) is -2.06. The van der Waals surface area contributed by atoms with Gasteiger partial charge in [0.15, 0.2) is 5.69 Å². The quantitative estimate of drug-likeness (QED) is 0.265. The number of hydrogen-bond acceptors (Lipinski definition) is 1. The Bertz CT molecular complexity index is 1590. The van der Waals surface area contributed by atoms with Gasteiger partial charge in [0.25, 0.3) is 0 Å². The standard InChI is InChI=1S/C27H29N2O/c1-15(2)13-20-14-23(29(8)19(6)18(20)5)24-16(3)9-11-21-22-12-10-17(4)25(28-7)27(22)30-26(21)24/h9-12,14-15H,13H2,1-6,8H3/q+1/i5D3,13D2,14D. The summed E-state index contributed by atoms with van der Waals surface area (Å²) >= 11 is 0. The van der Waals surface area contributed by atoms with Crippen LogP contribution in [0.1, 0.15) is 50.0 Å². The molecule has 0 N–H and O–H groups in total. The average molecular weight is 404 g/mol. The number of benzene rings is 2. The fourth-order valence-corrected chi connectivity index (χ4v) is 3.93. The number of aryl methyl sites for hydroxylation is 2. The second-order valence-electron chi connectivity index (χ2n) is 8.12. The first kappa shape index (κ1) is 14.0. The van der Waals surface area contributed by atoms with Crippen LogP contribution in [0.25, 0.3) is 38.0 Å². The number of rotatable bonds is 3. The Morgan fingerprint density at radius 3 is 2.43 bits per heavy atom. The molecule has 152 valence electrons. The molecule has 2 heterocycles. The predicted molar refractivity (Wildman–Crippen MR) is 124 cm³/mol. The fraction of sp³-hybridized carbons (Fsp3) is 0.333. The van der Waals surface area contributed by atoms with Gasteiger partial charge >= 0.3 is 0 Å². The first-order chi connectivity index (χ1) is 16.6. The van der Waals surface area contributed by atoms with Gasteiger partial charge in [0, 0.05) is 36.2 Å². The zero-order chi connectivity index (χ0) is 26.9. The molecule has 4 aromatic rings. The molecule has 0 aliphatic carbocycles. The maximum absolute atomic E-state index is 9.21. The number of fused-ring (bicyclic) bond motifs is 3. The molecule has 0 amide bonds. The first-order valence-corrected chi connectivity index (χ1v) is 10.0. The maximum Gasteiger partial charge on any atom is 0.232 e. The Balaban J connectivity index is 2.25. The van der Waals surface area contributed by atoms with Gasteiger partial charge in [-0.15, -0.1) is 0 Å². The average Bonchev–Trinajstić information content (AvgIpc) is 3.14. The van der Waals surface area contributed by atoms with Crippen LogP contribution in [0.2, 0.25) is 0 Å². The van der Waals surface area contributed by atoms with Crippen LogP contribution in [0.15, 0.2) is 34.7 Å². The Kier molecular flexibility index (Phi) is 3.40. The van der Waals surface area contributed by atoms with Crippen molar-refractivity contribution in [3.05, 3.63) is 69.7 Å². The molecule has 0 spiro atoms. The van der Waals surface area contributed by atoms with E-state index in [9.17, 15) is 1.37 Å². The van der Waals surface area contributed by atoms with Crippen molar-refractivity contribution in [3.63, 3.8) is 0 Å². The summed E-state index contributed by atoms with van der Waals surface area (Å²) in [4.78, 5) is 3.67. The van der Waals surface area contributed by atoms with Crippen LogP contribution in [-0.2, 0) is 13.4 Å². The molecular formula is C27H29N2O+. The van der Waals surface area contributed by atoms with Crippen LogP contribution in [0.5, 0.6) is 0 Å². The van der Waals surface area contributed by atoms with Gasteiger partial charge in [0.05, 0.1) is 13.5 Å². The molecule has 0 saturated carbocycles. The second-order valence-corrected chi connectivity index (χ2v) is 8.12. The lowest BCUT2D eigenvalue weighted by Crippen LogP contribution is -2.36. The molecule has 2 aromatic heterocycles. The molecule has 0 radical (unpaired) electrons. The Morgan fingerprint density at radius 2 is 1.80 bits per heavy atom. The number of furan rings is 1. The fourth-order valence-electron chi connectivity index (χ4n) is 3.93. The Hall–Kier alpha value is -3.12. The number of nitrogens with zero attached hydrogens (tertiary/aromatic N) is 2. The maximum atomic E-state index is 9.21. The van der Waals surface area contributed by atoms with Crippen molar-refractivity contribution >= 4 is 27.6 Å². The minimum absolute atomic E-state index is 0.117. The molecule has 3 nitrogen and oxygen atoms in total. The van der Waals surface area contributed by atoms with E-state index in [2.05, 4.69) is 4.85 Å². The van der Waals surface area contributed by atoms with E-state index in [1.165, 1.54) is 0 Å². The van der Waals surface area contributed by atoms with Crippen molar-refractivity contribution in [1.82, 2.24) is 0 Å². The normalized spacial score (nSPS) is 15.4. The van der Waals surface area contributed by atoms with Crippen molar-refractivity contribution in [3.8, 4) is 11.3 Å². The topological polar surface area (TPSA) is 21.4 Å². The highest BCUT2D eigenvalue weighted by molar-refractivity contribution is 6.13. The predicted octanol–water partition coefficient (Wildman–Crippen LogP) is 7.06. The van der Waals surface area contributed by atoms with Crippen LogP contribution in [-0.4, -0.2) is 0 Å². The summed E-state index contributed by atoms with van der Waals surface area (Å²) in [6.45, 7) is 13.8. The molecular weight excluding hydrogens is 368 g/mol. The van der Waals surface area contributed by atoms with Crippen molar-refractivity contribution in [2.75, 3.05) is 0 Å². The van der Waals surface area contributed by atoms with E-state index < -0.39 is 19.1 Å². The minimum Gasteiger partial charge on any atom is -0.466 e. The minimum atomic E-state index is -2.60. The van der Waals surface area contributed by atoms with Crippen LogP contribution in [0, 0.1) is 40.1 Å². The van der Waals surface area contributed by atoms with Gasteiger partial charge in [-0.1, -0.05) is 38.1 Å². The number of pyridine rings is 1. The lowest BCUT2D eigenvalue weighted by Gasteiger charge is -2.14. The van der Waals surface area contributed by atoms with Gasteiger partial charge in [0.1, 0.15) is 18.2 Å². The molecule has 0 bridgehead atoms. The van der Waals surface area contributed by atoms with Gasteiger partial charge in [-0.2, -0.15) is 4.57 Å². The van der Waals surface area contributed by atoms with Crippen LogP contribution >= 0.6 is 0 Å². The van der Waals surface area contributed by atoms with Gasteiger partial charge in [-0.05, 0) is 49.7 Å². The molecule has 0 aliphatic heterocycles.